The maximum atomic E-state index is 12.2. The molecule has 9 heteroatoms. The highest BCUT2D eigenvalue weighted by Crippen LogP contribution is 2.30. The molecule has 0 saturated heterocycles. The highest BCUT2D eigenvalue weighted by atomic mass is 32.2. The number of alkyl halides is 3. The molecule has 1 aromatic rings. The molecule has 0 aromatic heterocycles. The van der Waals surface area contributed by atoms with Crippen molar-refractivity contribution in [3.63, 3.8) is 0 Å². The number of sulfone groups is 1. The molecule has 1 rings (SSSR count). The fourth-order valence-electron chi connectivity index (χ4n) is 0.960. The molecule has 0 spiro atoms. The van der Waals surface area contributed by atoms with E-state index in [0.29, 0.717) is 0 Å². The van der Waals surface area contributed by atoms with Crippen LogP contribution in [0.2, 0.25) is 0 Å². The molecule has 0 aliphatic carbocycles. The topological polar surface area (TPSA) is 60.4 Å². The minimum absolute atomic E-state index is 0.0774. The van der Waals surface area contributed by atoms with E-state index < -0.39 is 31.3 Å². The fraction of sp³-hybridized carbons (Fsp3) is 0.250. The smallest absolute Gasteiger partial charge is 0.290 e. The highest BCUT2D eigenvalue weighted by molar-refractivity contribution is 7.92. The first kappa shape index (κ1) is 14.1. The summed E-state index contributed by atoms with van der Waals surface area (Å²) in [4.78, 5) is -0.824. The van der Waals surface area contributed by atoms with E-state index in [1.54, 1.807) is 0 Å². The monoisotopic (exact) mass is 288 g/mol. The molecule has 1 aromatic carbocycles. The minimum atomic E-state index is -5.37. The van der Waals surface area contributed by atoms with Crippen LogP contribution in [0.15, 0.2) is 34.1 Å². The largest absolute Gasteiger partial charge is 0.501 e. The average Bonchev–Trinajstić information content (AvgIpc) is 2.26. The first-order chi connectivity index (χ1) is 7.70. The summed E-state index contributed by atoms with van der Waals surface area (Å²) in [6, 6.07) is 3.46. The predicted molar refractivity (Wildman–Crippen MR) is 53.1 cm³/mol. The maximum absolute atomic E-state index is 12.2. The van der Waals surface area contributed by atoms with E-state index in [4.69, 9.17) is 0 Å². The Bertz CT molecular complexity index is 519. The lowest BCUT2D eigenvalue weighted by Crippen LogP contribution is -2.23. The average molecular weight is 288 g/mol. The molecule has 0 aliphatic rings. The van der Waals surface area contributed by atoms with Crippen molar-refractivity contribution >= 4 is 20.9 Å². The Hall–Kier alpha value is -0.930. The van der Waals surface area contributed by atoms with Gasteiger partial charge in [0.05, 0.1) is 16.9 Å². The zero-order valence-electron chi connectivity index (χ0n) is 8.39. The lowest BCUT2D eigenvalue weighted by atomic mass is 10.4. The molecule has 1 atom stereocenters. The zero-order valence-corrected chi connectivity index (χ0v) is 10.0. The lowest BCUT2D eigenvalue weighted by molar-refractivity contribution is -0.0436. The molecule has 4 nitrogen and oxygen atoms in total. The van der Waals surface area contributed by atoms with Crippen LogP contribution >= 0.6 is 0 Å². The number of halogens is 3. The van der Waals surface area contributed by atoms with Crippen LogP contribution in [0, 0.1) is 0 Å². The van der Waals surface area contributed by atoms with E-state index >= 15 is 0 Å². The van der Waals surface area contributed by atoms with Gasteiger partial charge in [0.25, 0.3) is 9.84 Å². The molecule has 0 aliphatic heterocycles. The van der Waals surface area contributed by atoms with Crippen LogP contribution in [-0.2, 0) is 25.1 Å². The van der Waals surface area contributed by atoms with Crippen LogP contribution in [0.5, 0.6) is 0 Å². The first-order valence-corrected chi connectivity index (χ1v) is 6.63. The molecule has 0 N–H and O–H groups in total. The number of hydrogen-bond donors (Lipinski definition) is 0. The summed E-state index contributed by atoms with van der Waals surface area (Å²) in [6.07, 6.45) is 0. The van der Waals surface area contributed by atoms with Crippen molar-refractivity contribution in [2.24, 2.45) is 0 Å². The Balaban J connectivity index is 3.17. The van der Waals surface area contributed by atoms with Crippen molar-refractivity contribution in [2.45, 2.75) is 15.3 Å². The van der Waals surface area contributed by atoms with Crippen LogP contribution in [0.1, 0.15) is 0 Å². The Morgan fingerprint density at radius 2 is 1.65 bits per heavy atom. The van der Waals surface area contributed by atoms with Gasteiger partial charge in [-0.3, -0.25) is 4.18 Å². The van der Waals surface area contributed by atoms with Gasteiger partial charge in [-0.15, -0.1) is 0 Å². The van der Waals surface area contributed by atoms with Crippen molar-refractivity contribution < 1.29 is 30.0 Å². The summed E-state index contributed by atoms with van der Waals surface area (Å²) in [7, 11) is -4.22. The van der Waals surface area contributed by atoms with Crippen molar-refractivity contribution in [3.8, 4) is 0 Å². The van der Waals surface area contributed by atoms with Gasteiger partial charge in [0.15, 0.2) is 11.1 Å². The SMILES string of the molecule is COS(=O)c1ccc(S(=O)(=O)C(F)(F)F)cc1. The standard InChI is InChI=1S/C8H7F3O4S2/c1-15-16(12)6-2-4-7(5-3-6)17(13,14)8(9,10)11/h2-5H,1H3. The van der Waals surface area contributed by atoms with Gasteiger partial charge < -0.3 is 0 Å². The molecular weight excluding hydrogens is 281 g/mol. The van der Waals surface area contributed by atoms with Gasteiger partial charge in [-0.1, -0.05) is 0 Å². The molecule has 0 fully saturated rings. The summed E-state index contributed by atoms with van der Waals surface area (Å²) in [5.41, 5.74) is -5.35. The number of hydrogen-bond acceptors (Lipinski definition) is 4. The van der Waals surface area contributed by atoms with Gasteiger partial charge >= 0.3 is 5.51 Å². The van der Waals surface area contributed by atoms with Gasteiger partial charge in [-0.2, -0.15) is 13.2 Å². The van der Waals surface area contributed by atoms with Crippen molar-refractivity contribution in [1.82, 2.24) is 0 Å². The Morgan fingerprint density at radius 3 is 2.00 bits per heavy atom. The van der Waals surface area contributed by atoms with Crippen molar-refractivity contribution in [1.29, 1.82) is 0 Å². The van der Waals surface area contributed by atoms with Crippen molar-refractivity contribution in [2.75, 3.05) is 7.11 Å². The van der Waals surface area contributed by atoms with Gasteiger partial charge in [0, 0.05) is 0 Å². The fourth-order valence-corrected chi connectivity index (χ4v) is 2.27. The number of benzene rings is 1. The summed E-state index contributed by atoms with van der Waals surface area (Å²) in [5, 5.41) is 0. The van der Waals surface area contributed by atoms with E-state index in [2.05, 4.69) is 4.18 Å². The number of rotatable bonds is 3. The maximum Gasteiger partial charge on any atom is 0.501 e. The molecule has 0 radical (unpaired) electrons. The second-order valence-corrected chi connectivity index (χ2v) is 6.04. The zero-order chi connectivity index (χ0) is 13.3. The van der Waals surface area contributed by atoms with E-state index in [0.717, 1.165) is 31.4 Å². The molecule has 0 heterocycles. The molecule has 1 unspecified atom stereocenters. The Kier molecular flexibility index (Phi) is 3.95. The van der Waals surface area contributed by atoms with Crippen LogP contribution in [0.25, 0.3) is 0 Å². The van der Waals surface area contributed by atoms with E-state index in [1.807, 2.05) is 0 Å². The van der Waals surface area contributed by atoms with Gasteiger partial charge in [-0.05, 0) is 24.3 Å². The summed E-state index contributed by atoms with van der Waals surface area (Å²) < 4.78 is 74.0. The molecule has 0 bridgehead atoms. The lowest BCUT2D eigenvalue weighted by Gasteiger charge is -2.08. The molecular formula is C8H7F3O4S2. The van der Waals surface area contributed by atoms with E-state index in [1.165, 1.54) is 0 Å². The summed E-state index contributed by atoms with van der Waals surface area (Å²) >= 11 is -1.82. The minimum Gasteiger partial charge on any atom is -0.290 e. The third-order valence-electron chi connectivity index (χ3n) is 1.78. The molecule has 0 amide bonds. The van der Waals surface area contributed by atoms with Gasteiger partial charge in [-0.25, -0.2) is 12.6 Å². The second-order valence-electron chi connectivity index (χ2n) is 2.82. The molecule has 0 saturated carbocycles. The van der Waals surface area contributed by atoms with E-state index in [9.17, 15) is 25.8 Å². The quantitative estimate of drug-likeness (QED) is 0.848. The highest BCUT2D eigenvalue weighted by Gasteiger charge is 2.46. The third-order valence-corrected chi connectivity index (χ3v) is 4.24. The molecule has 96 valence electrons. The van der Waals surface area contributed by atoms with Crippen LogP contribution in [-0.4, -0.2) is 25.2 Å². The van der Waals surface area contributed by atoms with Crippen LogP contribution < -0.4 is 0 Å². The van der Waals surface area contributed by atoms with Gasteiger partial charge in [0.1, 0.15) is 0 Å². The van der Waals surface area contributed by atoms with E-state index in [-0.39, 0.29) is 4.90 Å². The predicted octanol–water partition coefficient (Wildman–Crippen LogP) is 1.65. The van der Waals surface area contributed by atoms with Crippen LogP contribution in [0.3, 0.4) is 0 Å². The molecule has 17 heavy (non-hydrogen) atoms. The van der Waals surface area contributed by atoms with Gasteiger partial charge in [0.2, 0.25) is 0 Å². The summed E-state index contributed by atoms with van der Waals surface area (Å²) in [6.45, 7) is 0. The normalized spacial score (nSPS) is 14.6. The first-order valence-electron chi connectivity index (χ1n) is 4.08. The van der Waals surface area contributed by atoms with Crippen molar-refractivity contribution in [3.05, 3.63) is 24.3 Å². The second kappa shape index (κ2) is 4.75. The summed E-state index contributed by atoms with van der Waals surface area (Å²) in [5.74, 6) is 0. The Labute approximate surface area is 98.0 Å². The Morgan fingerprint density at radius 1 is 1.18 bits per heavy atom. The third kappa shape index (κ3) is 2.85. The van der Waals surface area contributed by atoms with Crippen LogP contribution in [0.4, 0.5) is 13.2 Å².